The predicted molar refractivity (Wildman–Crippen MR) is 66.0 cm³/mol. The van der Waals surface area contributed by atoms with Crippen LogP contribution in [0.25, 0.3) is 0 Å². The molecule has 0 aliphatic carbocycles. The van der Waals surface area contributed by atoms with E-state index in [1.807, 2.05) is 0 Å². The molecule has 1 aromatic rings. The summed E-state index contributed by atoms with van der Waals surface area (Å²) in [7, 11) is 0. The Morgan fingerprint density at radius 1 is 1.30 bits per heavy atom. The van der Waals surface area contributed by atoms with Crippen molar-refractivity contribution in [1.82, 2.24) is 10.2 Å². The fourth-order valence-electron chi connectivity index (χ4n) is 2.58. The molecule has 106 valence electrons. The highest BCUT2D eigenvalue weighted by atomic mass is 16.5. The van der Waals surface area contributed by atoms with Gasteiger partial charge >= 0.3 is 6.03 Å². The summed E-state index contributed by atoms with van der Waals surface area (Å²) in [6, 6.07) is 2.66. The van der Waals surface area contributed by atoms with Crippen LogP contribution in [0.5, 0.6) is 0 Å². The average Bonchev–Trinajstić information content (AvgIpc) is 3.00. The summed E-state index contributed by atoms with van der Waals surface area (Å²) < 4.78 is 10.4. The van der Waals surface area contributed by atoms with Crippen LogP contribution in [0, 0.1) is 0 Å². The lowest BCUT2D eigenvalue weighted by Gasteiger charge is -2.30. The molecule has 1 N–H and O–H groups in total. The smallest absolute Gasteiger partial charge is 0.325 e. The summed E-state index contributed by atoms with van der Waals surface area (Å²) in [6.45, 7) is 0.937. The minimum atomic E-state index is -0.838. The van der Waals surface area contributed by atoms with E-state index in [1.165, 1.54) is 6.07 Å². The van der Waals surface area contributed by atoms with Crippen molar-refractivity contribution in [3.63, 3.8) is 0 Å². The molecule has 2 aliphatic rings. The number of carbonyl (C=O) groups is 3. The highest BCUT2D eigenvalue weighted by molar-refractivity contribution is 6.07. The van der Waals surface area contributed by atoms with Crippen LogP contribution in [0.2, 0.25) is 0 Å². The first kappa shape index (κ1) is 12.9. The number of nitrogens with zero attached hydrogens (tertiary/aromatic N) is 1. The molecule has 0 saturated carbocycles. The minimum Gasteiger partial charge on any atom is -0.456 e. The first-order chi connectivity index (χ1) is 9.64. The van der Waals surface area contributed by atoms with Gasteiger partial charge in [-0.3, -0.25) is 14.5 Å². The average molecular weight is 278 g/mol. The number of amides is 3. The lowest BCUT2D eigenvalue weighted by Crippen LogP contribution is -2.51. The van der Waals surface area contributed by atoms with Crippen molar-refractivity contribution in [1.29, 1.82) is 0 Å². The summed E-state index contributed by atoms with van der Waals surface area (Å²) in [5.74, 6) is 0.322. The molecule has 0 bridgehead atoms. The molecule has 2 aliphatic heterocycles. The standard InChI is InChI=1S/C13H14N2O5/c16-8-10-2-1-9(20-10)7-15-11(17)13(14-12(15)18)3-5-19-6-4-13/h1-2,8H,3-7H2,(H,14,18). The predicted octanol–water partition coefficient (Wildman–Crippen LogP) is 0.693. The molecule has 7 nitrogen and oxygen atoms in total. The molecule has 0 aromatic carbocycles. The van der Waals surface area contributed by atoms with E-state index in [0.29, 0.717) is 38.1 Å². The quantitative estimate of drug-likeness (QED) is 0.649. The SMILES string of the molecule is O=Cc1ccc(CN2C(=O)NC3(CCOCC3)C2=O)o1. The monoisotopic (exact) mass is 278 g/mol. The van der Waals surface area contributed by atoms with Gasteiger partial charge in [0.25, 0.3) is 5.91 Å². The summed E-state index contributed by atoms with van der Waals surface area (Å²) in [6.07, 6.45) is 1.53. The van der Waals surface area contributed by atoms with Crippen LogP contribution in [0.1, 0.15) is 29.2 Å². The number of nitrogens with one attached hydrogen (secondary N) is 1. The van der Waals surface area contributed by atoms with Gasteiger partial charge in [-0.15, -0.1) is 0 Å². The molecule has 2 fully saturated rings. The maximum Gasteiger partial charge on any atom is 0.325 e. The number of furan rings is 1. The number of rotatable bonds is 3. The highest BCUT2D eigenvalue weighted by Gasteiger charge is 2.51. The molecule has 2 saturated heterocycles. The van der Waals surface area contributed by atoms with Crippen LogP contribution < -0.4 is 5.32 Å². The van der Waals surface area contributed by atoms with Gasteiger partial charge < -0.3 is 14.5 Å². The number of carbonyl (C=O) groups excluding carboxylic acids is 3. The van der Waals surface area contributed by atoms with Gasteiger partial charge in [-0.1, -0.05) is 0 Å². The van der Waals surface area contributed by atoms with Gasteiger partial charge in [-0.05, 0) is 12.1 Å². The Labute approximate surface area is 114 Å². The molecule has 0 unspecified atom stereocenters. The molecular formula is C13H14N2O5. The number of urea groups is 1. The normalized spacial score (nSPS) is 21.3. The third-order valence-corrected chi connectivity index (χ3v) is 3.70. The van der Waals surface area contributed by atoms with E-state index in [2.05, 4.69) is 5.32 Å². The molecule has 1 aromatic heterocycles. The molecule has 3 amide bonds. The molecule has 3 heterocycles. The number of aldehydes is 1. The Morgan fingerprint density at radius 2 is 2.05 bits per heavy atom. The van der Waals surface area contributed by atoms with E-state index in [1.54, 1.807) is 6.07 Å². The van der Waals surface area contributed by atoms with Crippen LogP contribution in [-0.2, 0) is 16.1 Å². The molecule has 1 spiro atoms. The zero-order chi connectivity index (χ0) is 14.2. The van der Waals surface area contributed by atoms with Crippen molar-refractivity contribution in [3.8, 4) is 0 Å². The van der Waals surface area contributed by atoms with Crippen molar-refractivity contribution < 1.29 is 23.5 Å². The van der Waals surface area contributed by atoms with Crippen LogP contribution in [0.3, 0.4) is 0 Å². The third kappa shape index (κ3) is 2.00. The first-order valence-electron chi connectivity index (χ1n) is 6.40. The van der Waals surface area contributed by atoms with E-state index in [4.69, 9.17) is 9.15 Å². The van der Waals surface area contributed by atoms with Crippen molar-refractivity contribution in [3.05, 3.63) is 23.7 Å². The number of ether oxygens (including phenoxy) is 1. The summed E-state index contributed by atoms with van der Waals surface area (Å²) >= 11 is 0. The third-order valence-electron chi connectivity index (χ3n) is 3.70. The zero-order valence-corrected chi connectivity index (χ0v) is 10.8. The fourth-order valence-corrected chi connectivity index (χ4v) is 2.58. The first-order valence-corrected chi connectivity index (χ1v) is 6.40. The van der Waals surface area contributed by atoms with E-state index in [9.17, 15) is 14.4 Å². The molecule has 0 atom stereocenters. The summed E-state index contributed by atoms with van der Waals surface area (Å²) in [5.41, 5.74) is -0.838. The van der Waals surface area contributed by atoms with Gasteiger partial charge in [0.1, 0.15) is 11.3 Å². The molecule has 0 radical (unpaired) electrons. The van der Waals surface area contributed by atoms with Crippen LogP contribution in [0.4, 0.5) is 4.79 Å². The molecule has 7 heteroatoms. The largest absolute Gasteiger partial charge is 0.456 e. The summed E-state index contributed by atoms with van der Waals surface area (Å²) in [4.78, 5) is 36.1. The Hall–Kier alpha value is -2.15. The Balaban J connectivity index is 1.78. The second-order valence-electron chi connectivity index (χ2n) is 4.94. The van der Waals surface area contributed by atoms with Gasteiger partial charge in [-0.2, -0.15) is 0 Å². The minimum absolute atomic E-state index is 0.0289. The van der Waals surface area contributed by atoms with Gasteiger partial charge in [0.05, 0.1) is 6.54 Å². The maximum atomic E-state index is 12.4. The highest BCUT2D eigenvalue weighted by Crippen LogP contribution is 2.29. The maximum absolute atomic E-state index is 12.4. The van der Waals surface area contributed by atoms with Crippen molar-refractivity contribution in [2.45, 2.75) is 24.9 Å². The van der Waals surface area contributed by atoms with E-state index in [-0.39, 0.29) is 18.2 Å². The summed E-state index contributed by atoms with van der Waals surface area (Å²) in [5, 5.41) is 2.76. The Morgan fingerprint density at radius 3 is 2.70 bits per heavy atom. The number of imide groups is 1. The Bertz CT molecular complexity index is 559. The van der Waals surface area contributed by atoms with Gasteiger partial charge in [-0.25, -0.2) is 4.79 Å². The topological polar surface area (TPSA) is 88.9 Å². The number of hydrogen-bond acceptors (Lipinski definition) is 5. The van der Waals surface area contributed by atoms with Crippen molar-refractivity contribution in [2.24, 2.45) is 0 Å². The van der Waals surface area contributed by atoms with Crippen LogP contribution in [0.15, 0.2) is 16.5 Å². The van der Waals surface area contributed by atoms with Crippen LogP contribution in [-0.4, -0.2) is 41.9 Å². The molecule has 20 heavy (non-hydrogen) atoms. The van der Waals surface area contributed by atoms with E-state index in [0.717, 1.165) is 4.90 Å². The van der Waals surface area contributed by atoms with E-state index < -0.39 is 11.6 Å². The van der Waals surface area contributed by atoms with Crippen molar-refractivity contribution in [2.75, 3.05) is 13.2 Å². The Kier molecular flexibility index (Phi) is 3.06. The number of hydrogen-bond donors (Lipinski definition) is 1. The zero-order valence-electron chi connectivity index (χ0n) is 10.8. The molecular weight excluding hydrogens is 264 g/mol. The van der Waals surface area contributed by atoms with Gasteiger partial charge in [0.2, 0.25) is 0 Å². The van der Waals surface area contributed by atoms with Crippen LogP contribution >= 0.6 is 0 Å². The molecule has 3 rings (SSSR count). The van der Waals surface area contributed by atoms with E-state index >= 15 is 0 Å². The van der Waals surface area contributed by atoms with Crippen molar-refractivity contribution >= 4 is 18.2 Å². The van der Waals surface area contributed by atoms with Gasteiger partial charge in [0.15, 0.2) is 12.0 Å². The second-order valence-corrected chi connectivity index (χ2v) is 4.94. The lowest BCUT2D eigenvalue weighted by atomic mass is 9.90. The second kappa shape index (κ2) is 4.75. The van der Waals surface area contributed by atoms with Gasteiger partial charge in [0, 0.05) is 26.1 Å². The fraction of sp³-hybridized carbons (Fsp3) is 0.462. The lowest BCUT2D eigenvalue weighted by molar-refractivity contribution is -0.135.